The van der Waals surface area contributed by atoms with Gasteiger partial charge in [-0.05, 0) is 41.1 Å². The average Bonchev–Trinajstić information content (AvgIpc) is 2.96. The molecule has 0 saturated carbocycles. The molecule has 0 fully saturated rings. The maximum atomic E-state index is 10.9. The molecule has 0 radical (unpaired) electrons. The zero-order valence-corrected chi connectivity index (χ0v) is 12.0. The van der Waals surface area contributed by atoms with Crippen LogP contribution in [0.3, 0.4) is 0 Å². The number of rotatable bonds is 4. The molecule has 0 unspecified atom stereocenters. The summed E-state index contributed by atoms with van der Waals surface area (Å²) in [5.41, 5.74) is 3.29. The van der Waals surface area contributed by atoms with Crippen LogP contribution in [0.25, 0.3) is 11.4 Å². The van der Waals surface area contributed by atoms with Gasteiger partial charge in [-0.1, -0.05) is 35.9 Å². The third kappa shape index (κ3) is 2.85. The van der Waals surface area contributed by atoms with Crippen LogP contribution in [0.1, 0.15) is 21.5 Å². The maximum absolute atomic E-state index is 10.9. The van der Waals surface area contributed by atoms with Gasteiger partial charge in [0, 0.05) is 5.56 Å². The third-order valence-corrected chi connectivity index (χ3v) is 3.34. The third-order valence-electron chi connectivity index (χ3n) is 3.34. The van der Waals surface area contributed by atoms with Crippen LogP contribution in [0.5, 0.6) is 0 Å². The van der Waals surface area contributed by atoms with Crippen LogP contribution in [-0.2, 0) is 6.54 Å². The highest BCUT2D eigenvalue weighted by atomic mass is 16.4. The quantitative estimate of drug-likeness (QED) is 0.799. The highest BCUT2D eigenvalue weighted by Gasteiger charge is 2.10. The van der Waals surface area contributed by atoms with E-state index in [1.807, 2.05) is 31.2 Å². The van der Waals surface area contributed by atoms with Crippen molar-refractivity contribution in [3.05, 3.63) is 65.2 Å². The topological polar surface area (TPSA) is 80.9 Å². The number of carboxylic acid groups (broad SMARTS) is 1. The number of carboxylic acids is 1. The second-order valence-electron chi connectivity index (χ2n) is 5.03. The standard InChI is InChI=1S/C16H14N4O2/c1-11-3-2-4-14(9-11)15-17-18-19-20(15)10-12-5-7-13(8-6-12)16(21)22/h2-9H,10H2,1H3,(H,21,22). The molecule has 110 valence electrons. The van der Waals surface area contributed by atoms with E-state index in [1.54, 1.807) is 28.9 Å². The molecule has 22 heavy (non-hydrogen) atoms. The lowest BCUT2D eigenvalue weighted by Gasteiger charge is -2.06. The van der Waals surface area contributed by atoms with Crippen molar-refractivity contribution in [1.29, 1.82) is 0 Å². The lowest BCUT2D eigenvalue weighted by molar-refractivity contribution is 0.0697. The number of aromatic carboxylic acids is 1. The van der Waals surface area contributed by atoms with Crippen molar-refractivity contribution in [3.8, 4) is 11.4 Å². The molecule has 0 aliphatic heterocycles. The first-order chi connectivity index (χ1) is 10.6. The minimum absolute atomic E-state index is 0.263. The molecule has 1 aromatic heterocycles. The van der Waals surface area contributed by atoms with Crippen LogP contribution in [0, 0.1) is 6.92 Å². The Kier molecular flexibility index (Phi) is 3.65. The fourth-order valence-corrected chi connectivity index (χ4v) is 2.23. The van der Waals surface area contributed by atoms with Gasteiger partial charge in [0.1, 0.15) is 0 Å². The molecule has 2 aromatic carbocycles. The summed E-state index contributed by atoms with van der Waals surface area (Å²) in [4.78, 5) is 10.9. The van der Waals surface area contributed by atoms with Gasteiger partial charge in [-0.15, -0.1) is 5.10 Å². The minimum Gasteiger partial charge on any atom is -0.478 e. The number of nitrogens with zero attached hydrogens (tertiary/aromatic N) is 4. The minimum atomic E-state index is -0.936. The highest BCUT2D eigenvalue weighted by Crippen LogP contribution is 2.18. The summed E-state index contributed by atoms with van der Waals surface area (Å²) >= 11 is 0. The predicted octanol–water partition coefficient (Wildman–Crippen LogP) is 2.40. The summed E-state index contributed by atoms with van der Waals surface area (Å²) in [5, 5.41) is 20.7. The van der Waals surface area contributed by atoms with Gasteiger partial charge in [0.25, 0.3) is 0 Å². The van der Waals surface area contributed by atoms with Gasteiger partial charge in [-0.2, -0.15) is 0 Å². The highest BCUT2D eigenvalue weighted by molar-refractivity contribution is 5.87. The van der Waals surface area contributed by atoms with Crippen molar-refractivity contribution in [2.75, 3.05) is 0 Å². The number of hydrogen-bond donors (Lipinski definition) is 1. The Morgan fingerprint density at radius 1 is 1.18 bits per heavy atom. The summed E-state index contributed by atoms with van der Waals surface area (Å²) in [7, 11) is 0. The first-order valence-corrected chi connectivity index (χ1v) is 6.79. The van der Waals surface area contributed by atoms with E-state index in [-0.39, 0.29) is 5.56 Å². The van der Waals surface area contributed by atoms with Crippen molar-refractivity contribution in [2.45, 2.75) is 13.5 Å². The SMILES string of the molecule is Cc1cccc(-c2nnnn2Cc2ccc(C(=O)O)cc2)c1. The molecule has 0 aliphatic carbocycles. The van der Waals surface area contributed by atoms with Gasteiger partial charge in [0.15, 0.2) is 5.82 Å². The van der Waals surface area contributed by atoms with E-state index < -0.39 is 5.97 Å². The van der Waals surface area contributed by atoms with Gasteiger partial charge >= 0.3 is 5.97 Å². The van der Waals surface area contributed by atoms with Crippen molar-refractivity contribution in [2.24, 2.45) is 0 Å². The summed E-state index contributed by atoms with van der Waals surface area (Å²) in [6.07, 6.45) is 0. The van der Waals surface area contributed by atoms with Gasteiger partial charge in [-0.25, -0.2) is 9.48 Å². The van der Waals surface area contributed by atoms with E-state index in [9.17, 15) is 4.79 Å². The van der Waals surface area contributed by atoms with Crippen molar-refractivity contribution >= 4 is 5.97 Å². The molecule has 0 aliphatic rings. The summed E-state index contributed by atoms with van der Waals surface area (Å²) in [6, 6.07) is 14.7. The molecule has 3 aromatic rings. The van der Waals surface area contributed by atoms with E-state index in [4.69, 9.17) is 5.11 Å². The molecule has 1 heterocycles. The summed E-state index contributed by atoms with van der Waals surface area (Å²) in [6.45, 7) is 2.50. The Hall–Kier alpha value is -3.02. The van der Waals surface area contributed by atoms with E-state index >= 15 is 0 Å². The molecule has 0 spiro atoms. The van der Waals surface area contributed by atoms with Gasteiger partial charge in [-0.3, -0.25) is 0 Å². The summed E-state index contributed by atoms with van der Waals surface area (Å²) < 4.78 is 1.70. The normalized spacial score (nSPS) is 10.6. The second kappa shape index (κ2) is 5.77. The Balaban J connectivity index is 1.88. The van der Waals surface area contributed by atoms with Crippen LogP contribution >= 0.6 is 0 Å². The van der Waals surface area contributed by atoms with Crippen LogP contribution in [0.15, 0.2) is 48.5 Å². The average molecular weight is 294 g/mol. The fourth-order valence-electron chi connectivity index (χ4n) is 2.23. The molecule has 6 heteroatoms. The van der Waals surface area contributed by atoms with Crippen LogP contribution < -0.4 is 0 Å². The maximum Gasteiger partial charge on any atom is 0.335 e. The molecule has 0 amide bonds. The van der Waals surface area contributed by atoms with Crippen LogP contribution in [-0.4, -0.2) is 31.3 Å². The number of hydrogen-bond acceptors (Lipinski definition) is 4. The number of aryl methyl sites for hydroxylation is 1. The molecule has 0 atom stereocenters. The zero-order valence-electron chi connectivity index (χ0n) is 12.0. The monoisotopic (exact) mass is 294 g/mol. The Labute approximate surface area is 127 Å². The second-order valence-corrected chi connectivity index (χ2v) is 5.03. The number of benzene rings is 2. The zero-order chi connectivity index (χ0) is 15.5. The number of tetrazole rings is 1. The molecule has 6 nitrogen and oxygen atoms in total. The number of aromatic nitrogens is 4. The molecule has 0 saturated heterocycles. The smallest absolute Gasteiger partial charge is 0.335 e. The van der Waals surface area contributed by atoms with Gasteiger partial charge in [0.2, 0.25) is 0 Å². The predicted molar refractivity (Wildman–Crippen MR) is 80.5 cm³/mol. The molecule has 1 N–H and O–H groups in total. The van der Waals surface area contributed by atoms with E-state index in [0.29, 0.717) is 12.4 Å². The van der Waals surface area contributed by atoms with Crippen molar-refractivity contribution < 1.29 is 9.90 Å². The largest absolute Gasteiger partial charge is 0.478 e. The van der Waals surface area contributed by atoms with Gasteiger partial charge in [0.05, 0.1) is 12.1 Å². The number of carbonyl (C=O) groups is 1. The molecular weight excluding hydrogens is 280 g/mol. The van der Waals surface area contributed by atoms with E-state index in [1.165, 1.54) is 0 Å². The van der Waals surface area contributed by atoms with Gasteiger partial charge < -0.3 is 5.11 Å². The van der Waals surface area contributed by atoms with Crippen LogP contribution in [0.4, 0.5) is 0 Å². The van der Waals surface area contributed by atoms with E-state index in [2.05, 4.69) is 15.5 Å². The lowest BCUT2D eigenvalue weighted by Crippen LogP contribution is -2.05. The Morgan fingerprint density at radius 3 is 2.64 bits per heavy atom. The Bertz CT molecular complexity index is 809. The first kappa shape index (κ1) is 13.9. The van der Waals surface area contributed by atoms with Crippen molar-refractivity contribution in [3.63, 3.8) is 0 Å². The fraction of sp³-hybridized carbons (Fsp3) is 0.125. The first-order valence-electron chi connectivity index (χ1n) is 6.79. The van der Waals surface area contributed by atoms with E-state index in [0.717, 1.165) is 16.7 Å². The molecular formula is C16H14N4O2. The lowest BCUT2D eigenvalue weighted by atomic mass is 10.1. The van der Waals surface area contributed by atoms with Crippen molar-refractivity contribution in [1.82, 2.24) is 20.2 Å². The Morgan fingerprint density at radius 2 is 1.95 bits per heavy atom. The summed E-state index contributed by atoms with van der Waals surface area (Å²) in [5.74, 6) is -0.250. The molecule has 0 bridgehead atoms. The molecule has 3 rings (SSSR count). The van der Waals surface area contributed by atoms with Crippen LogP contribution in [0.2, 0.25) is 0 Å².